The van der Waals surface area contributed by atoms with Crippen molar-refractivity contribution in [3.05, 3.63) is 23.3 Å². The average Bonchev–Trinajstić information content (AvgIpc) is 2.17. The van der Waals surface area contributed by atoms with Crippen molar-refractivity contribution in [2.24, 2.45) is 5.92 Å². The lowest BCUT2D eigenvalue weighted by atomic mass is 9.85. The molecule has 0 spiro atoms. The molecule has 0 amide bonds. The summed E-state index contributed by atoms with van der Waals surface area (Å²) in [5, 5.41) is 0. The maximum atomic E-state index is 2.44. The van der Waals surface area contributed by atoms with Gasteiger partial charge in [-0.2, -0.15) is 0 Å². The summed E-state index contributed by atoms with van der Waals surface area (Å²) in [4.78, 5) is 0. The summed E-state index contributed by atoms with van der Waals surface area (Å²) in [6.07, 6.45) is 10.0. The molecule has 0 aromatic carbocycles. The fourth-order valence-corrected chi connectivity index (χ4v) is 1.80. The van der Waals surface area contributed by atoms with Gasteiger partial charge in [0.1, 0.15) is 0 Å². The summed E-state index contributed by atoms with van der Waals surface area (Å²) in [7, 11) is 0. The van der Waals surface area contributed by atoms with E-state index >= 15 is 0 Å². The van der Waals surface area contributed by atoms with E-state index in [2.05, 4.69) is 32.9 Å². The fourth-order valence-electron chi connectivity index (χ4n) is 1.80. The molecule has 68 valence electrons. The van der Waals surface area contributed by atoms with Crippen molar-refractivity contribution in [2.75, 3.05) is 0 Å². The minimum absolute atomic E-state index is 0.957. The van der Waals surface area contributed by atoms with Crippen LogP contribution in [0.3, 0.4) is 0 Å². The van der Waals surface area contributed by atoms with Crippen LogP contribution in [0, 0.1) is 5.92 Å². The second kappa shape index (κ2) is 4.49. The first-order valence-electron chi connectivity index (χ1n) is 5.10. The molecule has 12 heavy (non-hydrogen) atoms. The molecular formula is C12H20. The van der Waals surface area contributed by atoms with E-state index in [9.17, 15) is 0 Å². The van der Waals surface area contributed by atoms with E-state index in [0.717, 1.165) is 5.92 Å². The van der Waals surface area contributed by atoms with Crippen molar-refractivity contribution in [3.63, 3.8) is 0 Å². The molecule has 0 aromatic rings. The Bertz CT molecular complexity index is 196. The first-order chi connectivity index (χ1) is 5.77. The SMILES string of the molecule is CC=C(C)C1=CCC(CC)CC1. The van der Waals surface area contributed by atoms with Gasteiger partial charge in [0, 0.05) is 0 Å². The molecule has 0 N–H and O–H groups in total. The molecule has 1 aliphatic carbocycles. The van der Waals surface area contributed by atoms with E-state index in [4.69, 9.17) is 0 Å². The Morgan fingerprint density at radius 2 is 2.42 bits per heavy atom. The van der Waals surface area contributed by atoms with E-state index in [1.54, 1.807) is 5.57 Å². The predicted molar refractivity (Wildman–Crippen MR) is 55.1 cm³/mol. The molecule has 0 nitrogen and oxygen atoms in total. The Labute approximate surface area is 76.4 Å². The molecule has 0 bridgehead atoms. The summed E-state index contributed by atoms with van der Waals surface area (Å²) in [5.74, 6) is 0.957. The Balaban J connectivity index is 2.56. The zero-order valence-electron chi connectivity index (χ0n) is 8.56. The van der Waals surface area contributed by atoms with Crippen molar-refractivity contribution >= 4 is 0 Å². The van der Waals surface area contributed by atoms with Gasteiger partial charge in [0.25, 0.3) is 0 Å². The number of hydrogen-bond donors (Lipinski definition) is 0. The predicted octanol–water partition coefficient (Wildman–Crippen LogP) is 4.09. The van der Waals surface area contributed by atoms with Crippen LogP contribution in [0.4, 0.5) is 0 Å². The van der Waals surface area contributed by atoms with E-state index < -0.39 is 0 Å². The van der Waals surface area contributed by atoms with E-state index in [1.807, 2.05) is 0 Å². The Morgan fingerprint density at radius 3 is 2.83 bits per heavy atom. The van der Waals surface area contributed by atoms with Crippen LogP contribution in [0.1, 0.15) is 46.5 Å². The molecule has 0 heteroatoms. The molecule has 0 fully saturated rings. The van der Waals surface area contributed by atoms with Crippen molar-refractivity contribution in [2.45, 2.75) is 46.5 Å². The molecule has 0 radical (unpaired) electrons. The third-order valence-corrected chi connectivity index (χ3v) is 3.04. The summed E-state index contributed by atoms with van der Waals surface area (Å²) in [5.41, 5.74) is 3.06. The highest BCUT2D eigenvalue weighted by Gasteiger charge is 2.12. The second-order valence-corrected chi connectivity index (χ2v) is 3.75. The summed E-state index contributed by atoms with van der Waals surface area (Å²) in [6, 6.07) is 0. The topological polar surface area (TPSA) is 0 Å². The minimum atomic E-state index is 0.957. The van der Waals surface area contributed by atoms with Crippen LogP contribution in [-0.4, -0.2) is 0 Å². The van der Waals surface area contributed by atoms with Crippen LogP contribution in [-0.2, 0) is 0 Å². The molecule has 0 heterocycles. The van der Waals surface area contributed by atoms with Gasteiger partial charge < -0.3 is 0 Å². The highest BCUT2D eigenvalue weighted by molar-refractivity contribution is 5.29. The van der Waals surface area contributed by atoms with Crippen LogP contribution < -0.4 is 0 Å². The minimum Gasteiger partial charge on any atom is -0.0845 e. The number of rotatable bonds is 2. The van der Waals surface area contributed by atoms with E-state index in [0.29, 0.717) is 0 Å². The van der Waals surface area contributed by atoms with Crippen LogP contribution >= 0.6 is 0 Å². The molecule has 0 aromatic heterocycles. The summed E-state index contributed by atoms with van der Waals surface area (Å²) >= 11 is 0. The summed E-state index contributed by atoms with van der Waals surface area (Å²) < 4.78 is 0. The molecule has 0 saturated carbocycles. The smallest absolute Gasteiger partial charge is 0.0277 e. The molecule has 0 aliphatic heterocycles. The van der Waals surface area contributed by atoms with Gasteiger partial charge in [-0.15, -0.1) is 0 Å². The zero-order valence-corrected chi connectivity index (χ0v) is 8.56. The van der Waals surface area contributed by atoms with Gasteiger partial charge in [-0.3, -0.25) is 0 Å². The number of allylic oxidation sites excluding steroid dienone is 4. The highest BCUT2D eigenvalue weighted by atomic mass is 14.2. The lowest BCUT2D eigenvalue weighted by Crippen LogP contribution is -2.04. The first-order valence-corrected chi connectivity index (χ1v) is 5.10. The maximum Gasteiger partial charge on any atom is -0.0277 e. The second-order valence-electron chi connectivity index (χ2n) is 3.75. The van der Waals surface area contributed by atoms with Crippen LogP contribution in [0.5, 0.6) is 0 Å². The quantitative estimate of drug-likeness (QED) is 0.576. The standard InChI is InChI=1S/C12H20/c1-4-10(3)12-8-6-11(5-2)7-9-12/h4,8,11H,5-7,9H2,1-3H3. The summed E-state index contributed by atoms with van der Waals surface area (Å²) in [6.45, 7) is 6.65. The Hall–Kier alpha value is -0.520. The van der Waals surface area contributed by atoms with E-state index in [1.165, 1.54) is 31.3 Å². The molecule has 0 saturated heterocycles. The van der Waals surface area contributed by atoms with Crippen LogP contribution in [0.15, 0.2) is 23.3 Å². The average molecular weight is 164 g/mol. The maximum absolute atomic E-state index is 2.44. The normalized spacial score (nSPS) is 25.4. The third kappa shape index (κ3) is 2.23. The van der Waals surface area contributed by atoms with E-state index in [-0.39, 0.29) is 0 Å². The molecule has 1 atom stereocenters. The monoisotopic (exact) mass is 164 g/mol. The Morgan fingerprint density at radius 1 is 1.67 bits per heavy atom. The third-order valence-electron chi connectivity index (χ3n) is 3.04. The van der Waals surface area contributed by atoms with Gasteiger partial charge in [-0.05, 0) is 44.6 Å². The zero-order chi connectivity index (χ0) is 8.97. The van der Waals surface area contributed by atoms with Gasteiger partial charge in [0.15, 0.2) is 0 Å². The van der Waals surface area contributed by atoms with Crippen LogP contribution in [0.25, 0.3) is 0 Å². The van der Waals surface area contributed by atoms with Gasteiger partial charge in [-0.25, -0.2) is 0 Å². The number of hydrogen-bond acceptors (Lipinski definition) is 0. The highest BCUT2D eigenvalue weighted by Crippen LogP contribution is 2.29. The lowest BCUT2D eigenvalue weighted by molar-refractivity contribution is 0.457. The molecule has 1 unspecified atom stereocenters. The van der Waals surface area contributed by atoms with Gasteiger partial charge >= 0.3 is 0 Å². The Kier molecular flexibility index (Phi) is 3.58. The molecule has 1 aliphatic rings. The largest absolute Gasteiger partial charge is 0.0845 e. The first kappa shape index (κ1) is 9.57. The van der Waals surface area contributed by atoms with Gasteiger partial charge in [0.05, 0.1) is 0 Å². The fraction of sp³-hybridized carbons (Fsp3) is 0.667. The van der Waals surface area contributed by atoms with Crippen LogP contribution in [0.2, 0.25) is 0 Å². The lowest BCUT2D eigenvalue weighted by Gasteiger charge is -2.20. The molecule has 1 rings (SSSR count). The van der Waals surface area contributed by atoms with Crippen molar-refractivity contribution in [3.8, 4) is 0 Å². The van der Waals surface area contributed by atoms with Crippen molar-refractivity contribution < 1.29 is 0 Å². The van der Waals surface area contributed by atoms with Gasteiger partial charge in [0.2, 0.25) is 0 Å². The molecular weight excluding hydrogens is 144 g/mol. The van der Waals surface area contributed by atoms with Crippen molar-refractivity contribution in [1.82, 2.24) is 0 Å². The van der Waals surface area contributed by atoms with Gasteiger partial charge in [-0.1, -0.05) is 31.1 Å². The van der Waals surface area contributed by atoms with Crippen molar-refractivity contribution in [1.29, 1.82) is 0 Å².